The predicted molar refractivity (Wildman–Crippen MR) is 79.5 cm³/mol. The molecule has 0 bridgehead atoms. The van der Waals surface area contributed by atoms with E-state index in [0.717, 1.165) is 17.8 Å². The Bertz CT molecular complexity index is 444. The number of benzene rings is 1. The molecule has 0 amide bonds. The molecule has 106 valence electrons. The van der Waals surface area contributed by atoms with Crippen molar-refractivity contribution in [1.82, 2.24) is 4.90 Å². The fourth-order valence-electron chi connectivity index (χ4n) is 2.80. The molecule has 0 unspecified atom stereocenters. The summed E-state index contributed by atoms with van der Waals surface area (Å²) < 4.78 is 13.6. The zero-order valence-electron chi connectivity index (χ0n) is 11.9. The van der Waals surface area contributed by atoms with Crippen molar-refractivity contribution < 1.29 is 4.39 Å². The van der Waals surface area contributed by atoms with Crippen molar-refractivity contribution in [1.29, 1.82) is 0 Å². The summed E-state index contributed by atoms with van der Waals surface area (Å²) in [5.41, 5.74) is 1.97. The summed E-state index contributed by atoms with van der Waals surface area (Å²) in [4.78, 5) is 4.44. The summed E-state index contributed by atoms with van der Waals surface area (Å²) >= 11 is 5.80. The largest absolute Gasteiger partial charge is 0.373 e. The van der Waals surface area contributed by atoms with Crippen molar-refractivity contribution in [3.8, 4) is 0 Å². The quantitative estimate of drug-likeness (QED) is 0.764. The van der Waals surface area contributed by atoms with Gasteiger partial charge in [-0.15, -0.1) is 11.6 Å². The van der Waals surface area contributed by atoms with Gasteiger partial charge in [0, 0.05) is 30.7 Å². The fourth-order valence-corrected chi connectivity index (χ4v) is 2.95. The van der Waals surface area contributed by atoms with Crippen LogP contribution >= 0.6 is 11.6 Å². The summed E-state index contributed by atoms with van der Waals surface area (Å²) in [5, 5.41) is 0. The summed E-state index contributed by atoms with van der Waals surface area (Å²) in [6, 6.07) is 5.05. The number of likely N-dealkylation sites (N-methyl/N-ethyl adjacent to an activating group) is 2. The summed E-state index contributed by atoms with van der Waals surface area (Å²) in [7, 11) is 6.28. The van der Waals surface area contributed by atoms with Gasteiger partial charge in [-0.25, -0.2) is 4.39 Å². The van der Waals surface area contributed by atoms with Crippen LogP contribution in [0.5, 0.6) is 0 Å². The molecule has 0 spiro atoms. The average Bonchev–Trinajstić information content (AvgIpc) is 2.32. The van der Waals surface area contributed by atoms with Gasteiger partial charge in [0.1, 0.15) is 5.82 Å². The van der Waals surface area contributed by atoms with Gasteiger partial charge in [-0.05, 0) is 57.1 Å². The van der Waals surface area contributed by atoms with E-state index in [2.05, 4.69) is 23.9 Å². The highest BCUT2D eigenvalue weighted by Crippen LogP contribution is 2.37. The lowest BCUT2D eigenvalue weighted by Gasteiger charge is -2.49. The van der Waals surface area contributed by atoms with Crippen LogP contribution in [-0.4, -0.2) is 38.1 Å². The van der Waals surface area contributed by atoms with Crippen molar-refractivity contribution in [2.45, 2.75) is 30.7 Å². The van der Waals surface area contributed by atoms with E-state index in [4.69, 9.17) is 11.6 Å². The SMILES string of the molecule is CN(CC1(N(C)C)CCC1)c1cc(F)cc(CCl)c1. The van der Waals surface area contributed by atoms with Crippen molar-refractivity contribution in [3.63, 3.8) is 0 Å². The zero-order valence-corrected chi connectivity index (χ0v) is 12.7. The number of rotatable bonds is 5. The molecule has 0 N–H and O–H groups in total. The van der Waals surface area contributed by atoms with Gasteiger partial charge in [-0.2, -0.15) is 0 Å². The molecule has 1 aliphatic carbocycles. The van der Waals surface area contributed by atoms with Gasteiger partial charge in [-0.3, -0.25) is 0 Å². The van der Waals surface area contributed by atoms with E-state index in [-0.39, 0.29) is 11.4 Å². The van der Waals surface area contributed by atoms with Gasteiger partial charge < -0.3 is 9.80 Å². The number of anilines is 1. The van der Waals surface area contributed by atoms with Gasteiger partial charge in [0.25, 0.3) is 0 Å². The van der Waals surface area contributed by atoms with Crippen LogP contribution in [0.1, 0.15) is 24.8 Å². The minimum Gasteiger partial charge on any atom is -0.373 e. The highest BCUT2D eigenvalue weighted by molar-refractivity contribution is 6.17. The maximum Gasteiger partial charge on any atom is 0.125 e. The minimum absolute atomic E-state index is 0.215. The molecule has 0 saturated heterocycles. The first kappa shape index (κ1) is 14.6. The van der Waals surface area contributed by atoms with Crippen LogP contribution in [0.15, 0.2) is 18.2 Å². The van der Waals surface area contributed by atoms with Crippen LogP contribution in [0.3, 0.4) is 0 Å². The third-order valence-corrected chi connectivity index (χ3v) is 4.61. The van der Waals surface area contributed by atoms with Gasteiger partial charge in [0.05, 0.1) is 0 Å². The Morgan fingerprint density at radius 1 is 1.21 bits per heavy atom. The lowest BCUT2D eigenvalue weighted by molar-refractivity contribution is 0.0683. The number of nitrogens with zero attached hydrogens (tertiary/aromatic N) is 2. The normalized spacial score (nSPS) is 17.4. The van der Waals surface area contributed by atoms with Gasteiger partial charge in [0.15, 0.2) is 0 Å². The third kappa shape index (κ3) is 3.03. The molecule has 1 aliphatic rings. The molecule has 1 aromatic rings. The summed E-state index contributed by atoms with van der Waals surface area (Å²) in [6.45, 7) is 0.922. The average molecular weight is 285 g/mol. The van der Waals surface area contributed by atoms with Crippen LogP contribution in [0, 0.1) is 5.82 Å². The first-order valence-electron chi connectivity index (χ1n) is 6.71. The second kappa shape index (κ2) is 5.68. The highest BCUT2D eigenvalue weighted by atomic mass is 35.5. The molecule has 1 aromatic carbocycles. The van der Waals surface area contributed by atoms with Crippen molar-refractivity contribution in [2.75, 3.05) is 32.6 Å². The molecule has 1 saturated carbocycles. The van der Waals surface area contributed by atoms with Crippen molar-refractivity contribution in [3.05, 3.63) is 29.6 Å². The van der Waals surface area contributed by atoms with Crippen LogP contribution < -0.4 is 4.90 Å². The Morgan fingerprint density at radius 2 is 1.89 bits per heavy atom. The van der Waals surface area contributed by atoms with Crippen molar-refractivity contribution in [2.24, 2.45) is 0 Å². The Balaban J connectivity index is 2.15. The number of hydrogen-bond donors (Lipinski definition) is 0. The number of hydrogen-bond acceptors (Lipinski definition) is 2. The molecular weight excluding hydrogens is 263 g/mol. The topological polar surface area (TPSA) is 6.48 Å². The summed E-state index contributed by atoms with van der Waals surface area (Å²) in [5.74, 6) is 0.129. The second-order valence-corrected chi connectivity index (χ2v) is 6.05. The molecule has 4 heteroatoms. The smallest absolute Gasteiger partial charge is 0.125 e. The van der Waals surface area contributed by atoms with Gasteiger partial charge in [0.2, 0.25) is 0 Å². The third-order valence-electron chi connectivity index (χ3n) is 4.30. The van der Waals surface area contributed by atoms with E-state index in [1.165, 1.54) is 25.3 Å². The number of halogens is 2. The maximum atomic E-state index is 13.6. The Kier molecular flexibility index (Phi) is 4.36. The predicted octanol–water partition coefficient (Wildman–Crippen LogP) is 3.49. The van der Waals surface area contributed by atoms with Crippen LogP contribution in [-0.2, 0) is 5.88 Å². The van der Waals surface area contributed by atoms with Crippen LogP contribution in [0.25, 0.3) is 0 Å². The molecule has 2 rings (SSSR count). The second-order valence-electron chi connectivity index (χ2n) is 5.78. The molecule has 0 aliphatic heterocycles. The monoisotopic (exact) mass is 284 g/mol. The molecule has 0 aromatic heterocycles. The summed E-state index contributed by atoms with van der Waals surface area (Å²) in [6.07, 6.45) is 3.70. The number of alkyl halides is 1. The Morgan fingerprint density at radius 3 is 2.37 bits per heavy atom. The fraction of sp³-hybridized carbons (Fsp3) is 0.600. The zero-order chi connectivity index (χ0) is 14.0. The van der Waals surface area contributed by atoms with E-state index in [0.29, 0.717) is 5.88 Å². The Hall–Kier alpha value is -0.800. The molecule has 1 fully saturated rings. The minimum atomic E-state index is -0.215. The Labute approximate surface area is 120 Å². The van der Waals surface area contributed by atoms with Crippen LogP contribution in [0.4, 0.5) is 10.1 Å². The van der Waals surface area contributed by atoms with E-state index in [1.807, 2.05) is 13.1 Å². The van der Waals surface area contributed by atoms with E-state index in [1.54, 1.807) is 6.07 Å². The van der Waals surface area contributed by atoms with Crippen molar-refractivity contribution >= 4 is 17.3 Å². The molecule has 2 nitrogen and oxygen atoms in total. The first-order valence-corrected chi connectivity index (χ1v) is 7.24. The molecule has 19 heavy (non-hydrogen) atoms. The molecule has 0 atom stereocenters. The highest BCUT2D eigenvalue weighted by Gasteiger charge is 2.39. The first-order chi connectivity index (χ1) is 8.97. The van der Waals surface area contributed by atoms with Gasteiger partial charge in [-0.1, -0.05) is 0 Å². The molecular formula is C15H22ClFN2. The maximum absolute atomic E-state index is 13.6. The molecule has 0 heterocycles. The van der Waals surface area contributed by atoms with E-state index in [9.17, 15) is 4.39 Å². The lowest BCUT2D eigenvalue weighted by atomic mass is 9.75. The van der Waals surface area contributed by atoms with E-state index >= 15 is 0 Å². The van der Waals surface area contributed by atoms with Crippen LogP contribution in [0.2, 0.25) is 0 Å². The standard InChI is InChI=1S/C15H22ClFN2/c1-18(2)15(5-4-6-15)11-19(3)14-8-12(10-16)7-13(17)9-14/h7-9H,4-6,10-11H2,1-3H3. The van der Waals surface area contributed by atoms with E-state index < -0.39 is 0 Å². The molecule has 0 radical (unpaired) electrons. The lowest BCUT2D eigenvalue weighted by Crippen LogP contribution is -2.56. The van der Waals surface area contributed by atoms with Gasteiger partial charge >= 0.3 is 0 Å².